The lowest BCUT2D eigenvalue weighted by Gasteiger charge is -2.20. The van der Waals surface area contributed by atoms with Gasteiger partial charge in [-0.3, -0.25) is 9.80 Å². The number of β-amino-alcohol motifs (C(OH)–C–C–N with tert-alkyl or cyclic N) is 1. The third-order valence-corrected chi connectivity index (χ3v) is 4.04. The molecule has 0 spiro atoms. The van der Waals surface area contributed by atoms with Gasteiger partial charge in [-0.15, -0.1) is 5.10 Å². The van der Waals surface area contributed by atoms with Crippen molar-refractivity contribution in [3.63, 3.8) is 0 Å². The van der Waals surface area contributed by atoms with Gasteiger partial charge in [0.15, 0.2) is 0 Å². The molecule has 1 aliphatic rings. The number of aliphatic hydroxyl groups is 1. The van der Waals surface area contributed by atoms with Crippen molar-refractivity contribution < 1.29 is 5.11 Å². The summed E-state index contributed by atoms with van der Waals surface area (Å²) in [6.07, 6.45) is 1.15. The summed E-state index contributed by atoms with van der Waals surface area (Å²) in [5.74, 6) is 0. The van der Waals surface area contributed by atoms with Crippen molar-refractivity contribution in [1.29, 1.82) is 0 Å². The van der Waals surface area contributed by atoms with E-state index in [-0.39, 0.29) is 6.61 Å². The minimum atomic E-state index is 0.250. The van der Waals surface area contributed by atoms with Gasteiger partial charge in [0.05, 0.1) is 6.61 Å². The maximum Gasteiger partial charge on any atom is 0.134 e. The minimum Gasteiger partial charge on any atom is -0.395 e. The van der Waals surface area contributed by atoms with Gasteiger partial charge >= 0.3 is 0 Å². The second-order valence-electron chi connectivity index (χ2n) is 4.49. The summed E-state index contributed by atoms with van der Waals surface area (Å²) in [4.78, 5) is 4.73. The predicted molar refractivity (Wildman–Crippen MR) is 72.9 cm³/mol. The molecule has 7 heteroatoms. The van der Waals surface area contributed by atoms with E-state index >= 15 is 0 Å². The Morgan fingerprint density at radius 2 is 2.06 bits per heavy atom. The zero-order chi connectivity index (χ0) is 12.8. The molecule has 102 valence electrons. The van der Waals surface area contributed by atoms with E-state index in [1.54, 1.807) is 0 Å². The first-order valence-electron chi connectivity index (χ1n) is 6.38. The van der Waals surface area contributed by atoms with E-state index in [1.807, 2.05) is 7.05 Å². The SMILES string of the molecule is CNc1snnc1CN1CCCN(CCO)CC1. The number of nitrogens with one attached hydrogen (secondary N) is 1. The number of aliphatic hydroxyl groups excluding tert-OH is 1. The number of hydrogen-bond donors (Lipinski definition) is 2. The van der Waals surface area contributed by atoms with Crippen molar-refractivity contribution in [3.05, 3.63) is 5.69 Å². The molecular formula is C11H21N5OS. The summed E-state index contributed by atoms with van der Waals surface area (Å²) in [6, 6.07) is 0. The van der Waals surface area contributed by atoms with Gasteiger partial charge < -0.3 is 10.4 Å². The molecule has 0 unspecified atom stereocenters. The third kappa shape index (κ3) is 3.61. The lowest BCUT2D eigenvalue weighted by atomic mass is 10.3. The van der Waals surface area contributed by atoms with Crippen molar-refractivity contribution in [2.75, 3.05) is 51.7 Å². The van der Waals surface area contributed by atoms with E-state index in [0.29, 0.717) is 0 Å². The van der Waals surface area contributed by atoms with Crippen LogP contribution in [0.2, 0.25) is 0 Å². The Kier molecular flexibility index (Phi) is 5.30. The monoisotopic (exact) mass is 271 g/mol. The van der Waals surface area contributed by atoms with Gasteiger partial charge in [-0.2, -0.15) is 0 Å². The number of rotatable bonds is 5. The van der Waals surface area contributed by atoms with Crippen LogP contribution in [-0.4, -0.2) is 70.9 Å². The van der Waals surface area contributed by atoms with Crippen molar-refractivity contribution in [1.82, 2.24) is 19.4 Å². The van der Waals surface area contributed by atoms with E-state index in [9.17, 15) is 0 Å². The van der Waals surface area contributed by atoms with Gasteiger partial charge in [0.2, 0.25) is 0 Å². The molecule has 0 atom stereocenters. The van der Waals surface area contributed by atoms with Crippen LogP contribution in [0.25, 0.3) is 0 Å². The van der Waals surface area contributed by atoms with E-state index in [2.05, 4.69) is 24.7 Å². The van der Waals surface area contributed by atoms with E-state index in [4.69, 9.17) is 5.11 Å². The molecule has 0 amide bonds. The van der Waals surface area contributed by atoms with Gasteiger partial charge in [-0.05, 0) is 19.5 Å². The largest absolute Gasteiger partial charge is 0.395 e. The molecule has 2 heterocycles. The highest BCUT2D eigenvalue weighted by Gasteiger charge is 2.17. The Labute approximate surface area is 112 Å². The topological polar surface area (TPSA) is 64.5 Å². The fraction of sp³-hybridized carbons (Fsp3) is 0.818. The van der Waals surface area contributed by atoms with Crippen LogP contribution in [0.1, 0.15) is 12.1 Å². The minimum absolute atomic E-state index is 0.250. The van der Waals surface area contributed by atoms with Crippen LogP contribution in [0, 0.1) is 0 Å². The second-order valence-corrected chi connectivity index (χ2v) is 5.25. The Morgan fingerprint density at radius 1 is 1.28 bits per heavy atom. The smallest absolute Gasteiger partial charge is 0.134 e. The third-order valence-electron chi connectivity index (χ3n) is 3.25. The molecule has 18 heavy (non-hydrogen) atoms. The molecule has 6 nitrogen and oxygen atoms in total. The molecular weight excluding hydrogens is 250 g/mol. The summed E-state index contributed by atoms with van der Waals surface area (Å²) in [5.41, 5.74) is 1.04. The quantitative estimate of drug-likeness (QED) is 0.791. The molecule has 1 aromatic rings. The molecule has 1 aromatic heterocycles. The molecule has 1 aliphatic heterocycles. The molecule has 0 aliphatic carbocycles. The first-order chi connectivity index (χ1) is 8.83. The van der Waals surface area contributed by atoms with E-state index < -0.39 is 0 Å². The zero-order valence-electron chi connectivity index (χ0n) is 10.8. The standard InChI is InChI=1S/C11H21N5OS/c1-12-11-10(13-14-18-11)9-16-4-2-3-15(5-6-16)7-8-17/h12,17H,2-9H2,1H3. The number of nitrogens with zero attached hydrogens (tertiary/aromatic N) is 4. The van der Waals surface area contributed by atoms with Crippen LogP contribution in [0.3, 0.4) is 0 Å². The maximum atomic E-state index is 8.97. The average Bonchev–Trinajstić information content (AvgIpc) is 2.71. The first kappa shape index (κ1) is 13.7. The lowest BCUT2D eigenvalue weighted by Crippen LogP contribution is -2.32. The first-order valence-corrected chi connectivity index (χ1v) is 7.15. The van der Waals surface area contributed by atoms with Crippen LogP contribution < -0.4 is 5.32 Å². The average molecular weight is 271 g/mol. The zero-order valence-corrected chi connectivity index (χ0v) is 11.6. The van der Waals surface area contributed by atoms with Crippen molar-refractivity contribution in [2.24, 2.45) is 0 Å². The summed E-state index contributed by atoms with van der Waals surface area (Å²) in [7, 11) is 1.91. The Hall–Kier alpha value is -0.760. The molecule has 1 fully saturated rings. The van der Waals surface area contributed by atoms with Gasteiger partial charge in [0.1, 0.15) is 10.7 Å². The maximum absolute atomic E-state index is 8.97. The fourth-order valence-corrected chi connectivity index (χ4v) is 2.78. The molecule has 0 bridgehead atoms. The van der Waals surface area contributed by atoms with Crippen molar-refractivity contribution in [2.45, 2.75) is 13.0 Å². The number of aromatic nitrogens is 2. The highest BCUT2D eigenvalue weighted by molar-refractivity contribution is 7.10. The predicted octanol–water partition coefficient (Wildman–Crippen LogP) is 0.0798. The summed E-state index contributed by atoms with van der Waals surface area (Å²) in [6.45, 7) is 6.11. The van der Waals surface area contributed by atoms with Crippen molar-refractivity contribution >= 4 is 16.5 Å². The van der Waals surface area contributed by atoms with E-state index in [1.165, 1.54) is 11.5 Å². The summed E-state index contributed by atoms with van der Waals surface area (Å²) in [5, 5.41) is 17.3. The number of anilines is 1. The Bertz CT molecular complexity index is 359. The fourth-order valence-electron chi connectivity index (χ4n) is 2.26. The number of hydrogen-bond acceptors (Lipinski definition) is 7. The summed E-state index contributed by atoms with van der Waals surface area (Å²) >= 11 is 1.41. The summed E-state index contributed by atoms with van der Waals surface area (Å²) < 4.78 is 3.99. The van der Waals surface area contributed by atoms with Crippen LogP contribution in [0.15, 0.2) is 0 Å². The van der Waals surface area contributed by atoms with Crippen molar-refractivity contribution in [3.8, 4) is 0 Å². The van der Waals surface area contributed by atoms with Gasteiger partial charge in [-0.25, -0.2) is 0 Å². The second kappa shape index (κ2) is 6.98. The highest BCUT2D eigenvalue weighted by Crippen LogP contribution is 2.19. The molecule has 2 rings (SSSR count). The molecule has 0 radical (unpaired) electrons. The Balaban J connectivity index is 1.87. The lowest BCUT2D eigenvalue weighted by molar-refractivity contribution is 0.195. The van der Waals surface area contributed by atoms with Crippen LogP contribution in [0.4, 0.5) is 5.00 Å². The van der Waals surface area contributed by atoms with Crippen LogP contribution in [-0.2, 0) is 6.54 Å². The highest BCUT2D eigenvalue weighted by atomic mass is 32.1. The molecule has 2 N–H and O–H groups in total. The molecule has 1 saturated heterocycles. The van der Waals surface area contributed by atoms with Gasteiger partial charge in [-0.1, -0.05) is 4.49 Å². The molecule has 0 saturated carbocycles. The molecule has 0 aromatic carbocycles. The Morgan fingerprint density at radius 3 is 2.83 bits per heavy atom. The van der Waals surface area contributed by atoms with Gasteiger partial charge in [0, 0.05) is 44.8 Å². The van der Waals surface area contributed by atoms with Crippen LogP contribution >= 0.6 is 11.5 Å². The van der Waals surface area contributed by atoms with Gasteiger partial charge in [0.25, 0.3) is 0 Å². The van der Waals surface area contributed by atoms with E-state index in [0.717, 1.165) is 56.4 Å². The normalized spacial score (nSPS) is 18.8. The van der Waals surface area contributed by atoms with Crippen LogP contribution in [0.5, 0.6) is 0 Å².